The van der Waals surface area contributed by atoms with Crippen molar-refractivity contribution < 1.29 is 19.0 Å². The normalized spacial score (nSPS) is 11.9. The number of ether oxygens (including phenoxy) is 3. The molecule has 2 aromatic carbocycles. The van der Waals surface area contributed by atoms with E-state index in [2.05, 4.69) is 5.32 Å². The second-order valence-electron chi connectivity index (χ2n) is 6.49. The molecule has 0 aromatic heterocycles. The summed E-state index contributed by atoms with van der Waals surface area (Å²) in [5.74, 6) is 1.74. The molecule has 1 atom stereocenters. The molecule has 0 fully saturated rings. The maximum Gasteiger partial charge on any atom is 0.262 e. The summed E-state index contributed by atoms with van der Waals surface area (Å²) in [6.07, 6.45) is 2.36. The molecule has 2 rings (SSSR count). The smallest absolute Gasteiger partial charge is 0.262 e. The number of methoxy groups -OCH3 is 2. The minimum absolute atomic E-state index is 0.0172. The molecule has 0 aliphatic heterocycles. The summed E-state index contributed by atoms with van der Waals surface area (Å²) in [4.78, 5) is 12.1. The van der Waals surface area contributed by atoms with Crippen molar-refractivity contribution in [1.29, 1.82) is 5.26 Å². The molecule has 0 spiro atoms. The van der Waals surface area contributed by atoms with Crippen molar-refractivity contribution in [1.82, 2.24) is 5.32 Å². The van der Waals surface area contributed by atoms with Gasteiger partial charge in [-0.2, -0.15) is 5.26 Å². The van der Waals surface area contributed by atoms with E-state index < -0.39 is 0 Å². The summed E-state index contributed by atoms with van der Waals surface area (Å²) in [6.45, 7) is 4.19. The van der Waals surface area contributed by atoms with Gasteiger partial charge >= 0.3 is 0 Å². The van der Waals surface area contributed by atoms with Gasteiger partial charge in [0.2, 0.25) is 0 Å². The third kappa shape index (κ3) is 6.28. The maximum absolute atomic E-state index is 12.1. The third-order valence-corrected chi connectivity index (χ3v) is 4.43. The second kappa shape index (κ2) is 10.8. The zero-order valence-corrected chi connectivity index (χ0v) is 17.2. The minimum Gasteiger partial charge on any atom is -0.497 e. The number of hydrogen-bond acceptors (Lipinski definition) is 5. The highest BCUT2D eigenvalue weighted by Crippen LogP contribution is 2.25. The van der Waals surface area contributed by atoms with Crippen LogP contribution in [0.25, 0.3) is 6.08 Å². The number of benzene rings is 2. The summed E-state index contributed by atoms with van der Waals surface area (Å²) in [7, 11) is 3.22. The van der Waals surface area contributed by atoms with Crippen LogP contribution in [0.15, 0.2) is 48.0 Å². The van der Waals surface area contributed by atoms with Gasteiger partial charge in [0.1, 0.15) is 35.5 Å². The van der Waals surface area contributed by atoms with Crippen LogP contribution in [0.2, 0.25) is 0 Å². The molecule has 0 saturated heterocycles. The van der Waals surface area contributed by atoms with Crippen molar-refractivity contribution in [3.05, 3.63) is 59.2 Å². The Morgan fingerprint density at radius 2 is 1.83 bits per heavy atom. The van der Waals surface area contributed by atoms with Crippen LogP contribution in [0, 0.1) is 11.3 Å². The Morgan fingerprint density at radius 1 is 1.14 bits per heavy atom. The Bertz CT molecular complexity index is 898. The average Bonchev–Trinajstić information content (AvgIpc) is 2.76. The van der Waals surface area contributed by atoms with Gasteiger partial charge < -0.3 is 19.5 Å². The Hall–Kier alpha value is -3.46. The molecule has 2 aromatic rings. The van der Waals surface area contributed by atoms with Gasteiger partial charge in [-0.15, -0.1) is 0 Å². The monoisotopic (exact) mass is 394 g/mol. The standard InChI is InChI=1S/C23H26N2O4/c1-5-16(2)25-23(26)18(14-24)12-17-6-8-20(9-7-17)29-15-19-13-21(27-3)10-11-22(19)28-4/h6-13,16H,5,15H2,1-4H3,(H,25,26)/b18-12+/t16-/m0/s1. The summed E-state index contributed by atoms with van der Waals surface area (Å²) in [5.41, 5.74) is 1.68. The number of amides is 1. The van der Waals surface area contributed by atoms with Crippen LogP contribution in [0.3, 0.4) is 0 Å². The molecule has 0 aliphatic carbocycles. The molecule has 29 heavy (non-hydrogen) atoms. The fourth-order valence-corrected chi connectivity index (χ4v) is 2.53. The first-order valence-electron chi connectivity index (χ1n) is 9.37. The fourth-order valence-electron chi connectivity index (χ4n) is 2.53. The van der Waals surface area contributed by atoms with E-state index in [-0.39, 0.29) is 17.5 Å². The molecule has 0 radical (unpaired) electrons. The molecule has 0 heterocycles. The first-order valence-corrected chi connectivity index (χ1v) is 9.37. The maximum atomic E-state index is 12.1. The molecule has 152 valence electrons. The summed E-state index contributed by atoms with van der Waals surface area (Å²) >= 11 is 0. The van der Waals surface area contributed by atoms with Crippen LogP contribution in [0.4, 0.5) is 0 Å². The van der Waals surface area contributed by atoms with Crippen LogP contribution in [0.5, 0.6) is 17.2 Å². The van der Waals surface area contributed by atoms with E-state index in [1.54, 1.807) is 44.6 Å². The number of carbonyl (C=O) groups is 1. The zero-order valence-electron chi connectivity index (χ0n) is 17.2. The molecular weight excluding hydrogens is 368 g/mol. The highest BCUT2D eigenvalue weighted by atomic mass is 16.5. The Labute approximate surface area is 171 Å². The van der Waals surface area contributed by atoms with Crippen LogP contribution in [-0.4, -0.2) is 26.2 Å². The van der Waals surface area contributed by atoms with Crippen LogP contribution >= 0.6 is 0 Å². The molecule has 6 nitrogen and oxygen atoms in total. The minimum atomic E-state index is -0.368. The number of nitrogens with one attached hydrogen (secondary N) is 1. The number of hydrogen-bond donors (Lipinski definition) is 1. The lowest BCUT2D eigenvalue weighted by atomic mass is 10.1. The Balaban J connectivity index is 2.07. The van der Waals surface area contributed by atoms with Gasteiger partial charge in [-0.05, 0) is 55.3 Å². The van der Waals surface area contributed by atoms with Gasteiger partial charge in [-0.1, -0.05) is 19.1 Å². The van der Waals surface area contributed by atoms with Crippen LogP contribution in [-0.2, 0) is 11.4 Å². The summed E-state index contributed by atoms with van der Waals surface area (Å²) < 4.78 is 16.4. The topological polar surface area (TPSA) is 80.6 Å². The highest BCUT2D eigenvalue weighted by Gasteiger charge is 2.11. The number of carbonyl (C=O) groups excluding carboxylic acids is 1. The Kier molecular flexibility index (Phi) is 8.11. The van der Waals surface area contributed by atoms with E-state index in [0.717, 1.165) is 29.0 Å². The Morgan fingerprint density at radius 3 is 2.41 bits per heavy atom. The first-order chi connectivity index (χ1) is 14.0. The average molecular weight is 394 g/mol. The molecule has 0 unspecified atom stereocenters. The van der Waals surface area contributed by atoms with Gasteiger partial charge in [0.15, 0.2) is 0 Å². The first kappa shape index (κ1) is 21.8. The van der Waals surface area contributed by atoms with Gasteiger partial charge in [0.25, 0.3) is 5.91 Å². The zero-order chi connectivity index (χ0) is 21.2. The molecule has 0 bridgehead atoms. The van der Waals surface area contributed by atoms with Crippen molar-refractivity contribution in [2.75, 3.05) is 14.2 Å². The molecule has 6 heteroatoms. The van der Waals surface area contributed by atoms with Crippen molar-refractivity contribution in [2.24, 2.45) is 0 Å². The van der Waals surface area contributed by atoms with E-state index >= 15 is 0 Å². The van der Waals surface area contributed by atoms with Crippen molar-refractivity contribution in [2.45, 2.75) is 32.9 Å². The van der Waals surface area contributed by atoms with Crippen LogP contribution in [0.1, 0.15) is 31.4 Å². The van der Waals surface area contributed by atoms with E-state index in [4.69, 9.17) is 14.2 Å². The highest BCUT2D eigenvalue weighted by molar-refractivity contribution is 6.01. The number of rotatable bonds is 9. The quantitative estimate of drug-likeness (QED) is 0.511. The SMILES string of the molecule is CC[C@H](C)NC(=O)/C(C#N)=C/c1ccc(OCc2cc(OC)ccc2OC)cc1. The molecule has 1 amide bonds. The lowest BCUT2D eigenvalue weighted by Gasteiger charge is -2.12. The van der Waals surface area contributed by atoms with Crippen molar-refractivity contribution >= 4 is 12.0 Å². The van der Waals surface area contributed by atoms with Gasteiger partial charge in [0, 0.05) is 11.6 Å². The fraction of sp³-hybridized carbons (Fsp3) is 0.304. The predicted molar refractivity (Wildman–Crippen MR) is 112 cm³/mol. The number of nitriles is 1. The molecular formula is C23H26N2O4. The molecule has 0 saturated carbocycles. The third-order valence-electron chi connectivity index (χ3n) is 4.43. The van der Waals surface area contributed by atoms with E-state index in [0.29, 0.717) is 12.4 Å². The molecule has 0 aliphatic rings. The van der Waals surface area contributed by atoms with Gasteiger partial charge in [0.05, 0.1) is 14.2 Å². The number of nitrogens with zero attached hydrogens (tertiary/aromatic N) is 1. The molecule has 1 N–H and O–H groups in total. The second-order valence-corrected chi connectivity index (χ2v) is 6.49. The predicted octanol–water partition coefficient (Wildman–Crippen LogP) is 4.10. The van der Waals surface area contributed by atoms with Crippen LogP contribution < -0.4 is 19.5 Å². The van der Waals surface area contributed by atoms with E-state index in [9.17, 15) is 10.1 Å². The van der Waals surface area contributed by atoms with Gasteiger partial charge in [-0.3, -0.25) is 4.79 Å². The van der Waals surface area contributed by atoms with E-state index in [1.165, 1.54) is 0 Å². The largest absolute Gasteiger partial charge is 0.497 e. The van der Waals surface area contributed by atoms with Gasteiger partial charge in [-0.25, -0.2) is 0 Å². The summed E-state index contributed by atoms with van der Waals surface area (Å²) in [6, 6.07) is 14.7. The van der Waals surface area contributed by atoms with Crippen molar-refractivity contribution in [3.63, 3.8) is 0 Å². The summed E-state index contributed by atoms with van der Waals surface area (Å²) in [5, 5.41) is 12.1. The lowest BCUT2D eigenvalue weighted by Crippen LogP contribution is -2.32. The van der Waals surface area contributed by atoms with Crippen molar-refractivity contribution in [3.8, 4) is 23.3 Å². The van der Waals surface area contributed by atoms with E-state index in [1.807, 2.05) is 38.1 Å². The lowest BCUT2D eigenvalue weighted by molar-refractivity contribution is -0.117.